The number of nitrogens with zero attached hydrogens (tertiary/aromatic N) is 2. The number of piperidine rings is 1. The Hall–Kier alpha value is -2.11. The maximum Gasteiger partial charge on any atom is 0.410 e. The zero-order valence-corrected chi connectivity index (χ0v) is 14.0. The number of rotatable bonds is 3. The van der Waals surface area contributed by atoms with Crippen molar-refractivity contribution in [2.45, 2.75) is 58.2 Å². The van der Waals surface area contributed by atoms with Crippen molar-refractivity contribution in [1.82, 2.24) is 15.2 Å². The minimum absolute atomic E-state index is 0.132. The van der Waals surface area contributed by atoms with Crippen LogP contribution in [0.25, 0.3) is 0 Å². The molecule has 23 heavy (non-hydrogen) atoms. The molecule has 6 heteroatoms. The molecule has 1 aromatic heterocycles. The van der Waals surface area contributed by atoms with Gasteiger partial charge in [-0.25, -0.2) is 4.79 Å². The van der Waals surface area contributed by atoms with Crippen molar-refractivity contribution in [2.24, 2.45) is 0 Å². The number of carbonyl (C=O) groups is 2. The van der Waals surface area contributed by atoms with Crippen LogP contribution in [-0.4, -0.2) is 40.1 Å². The summed E-state index contributed by atoms with van der Waals surface area (Å²) in [6, 6.07) is 3.25. The van der Waals surface area contributed by atoms with Gasteiger partial charge >= 0.3 is 6.09 Å². The van der Waals surface area contributed by atoms with E-state index in [0.717, 1.165) is 18.4 Å². The largest absolute Gasteiger partial charge is 0.444 e. The Morgan fingerprint density at radius 1 is 1.30 bits per heavy atom. The van der Waals surface area contributed by atoms with Crippen LogP contribution in [0.2, 0.25) is 0 Å². The number of aromatic nitrogens is 1. The molecule has 0 aliphatic carbocycles. The Bertz CT molecular complexity index is 540. The topological polar surface area (TPSA) is 71.5 Å². The van der Waals surface area contributed by atoms with Gasteiger partial charge in [0.1, 0.15) is 11.6 Å². The Morgan fingerprint density at radius 3 is 2.65 bits per heavy atom. The molecule has 0 radical (unpaired) electrons. The van der Waals surface area contributed by atoms with E-state index in [2.05, 4.69) is 10.3 Å². The number of ether oxygens (including phenoxy) is 1. The summed E-state index contributed by atoms with van der Waals surface area (Å²) in [6.45, 7) is 6.47. The van der Waals surface area contributed by atoms with Gasteiger partial charge in [-0.05, 0) is 57.7 Å². The maximum atomic E-state index is 12.5. The number of hydrogen-bond acceptors (Lipinski definition) is 4. The molecule has 1 N–H and O–H groups in total. The van der Waals surface area contributed by atoms with E-state index in [4.69, 9.17) is 4.74 Å². The van der Waals surface area contributed by atoms with Gasteiger partial charge in [-0.2, -0.15) is 0 Å². The summed E-state index contributed by atoms with van der Waals surface area (Å²) in [5.41, 5.74) is 0.417. The lowest BCUT2D eigenvalue weighted by molar-refractivity contribution is -0.127. The van der Waals surface area contributed by atoms with Crippen LogP contribution < -0.4 is 5.32 Å². The first-order chi connectivity index (χ1) is 10.9. The Labute approximate surface area is 137 Å². The fourth-order valence-corrected chi connectivity index (χ4v) is 2.55. The summed E-state index contributed by atoms with van der Waals surface area (Å²) in [4.78, 5) is 30.3. The monoisotopic (exact) mass is 319 g/mol. The van der Waals surface area contributed by atoms with Gasteiger partial charge in [-0.3, -0.25) is 14.7 Å². The SMILES string of the molecule is CC(C)(C)OC(=O)N1CCCC[C@H]1C(=O)NCc1ccncc1. The van der Waals surface area contributed by atoms with E-state index in [1.807, 2.05) is 32.9 Å². The van der Waals surface area contributed by atoms with Gasteiger partial charge in [0.15, 0.2) is 0 Å². The van der Waals surface area contributed by atoms with E-state index >= 15 is 0 Å². The molecule has 1 aliphatic rings. The molecule has 1 atom stereocenters. The molecule has 0 saturated carbocycles. The van der Waals surface area contributed by atoms with E-state index in [0.29, 0.717) is 19.5 Å². The summed E-state index contributed by atoms with van der Waals surface area (Å²) in [5.74, 6) is -0.132. The van der Waals surface area contributed by atoms with Gasteiger partial charge in [0.2, 0.25) is 5.91 Å². The molecule has 2 amide bonds. The molecule has 1 aromatic rings. The number of carbonyl (C=O) groups excluding carboxylic acids is 2. The second kappa shape index (κ2) is 7.44. The Balaban J connectivity index is 1.97. The van der Waals surface area contributed by atoms with E-state index in [1.54, 1.807) is 17.3 Å². The summed E-state index contributed by atoms with van der Waals surface area (Å²) in [7, 11) is 0. The van der Waals surface area contributed by atoms with Gasteiger partial charge in [0, 0.05) is 25.5 Å². The number of likely N-dealkylation sites (tertiary alicyclic amines) is 1. The summed E-state index contributed by atoms with van der Waals surface area (Å²) < 4.78 is 5.42. The van der Waals surface area contributed by atoms with E-state index in [1.165, 1.54) is 0 Å². The van der Waals surface area contributed by atoms with Crippen molar-refractivity contribution < 1.29 is 14.3 Å². The molecule has 2 heterocycles. The zero-order chi connectivity index (χ0) is 16.9. The zero-order valence-electron chi connectivity index (χ0n) is 14.0. The number of pyridine rings is 1. The highest BCUT2D eigenvalue weighted by Gasteiger charge is 2.34. The van der Waals surface area contributed by atoms with Crippen LogP contribution in [0.4, 0.5) is 4.79 Å². The van der Waals surface area contributed by atoms with Crippen LogP contribution in [0.1, 0.15) is 45.6 Å². The molecule has 2 rings (SSSR count). The first-order valence-corrected chi connectivity index (χ1v) is 8.03. The highest BCUT2D eigenvalue weighted by atomic mass is 16.6. The fourth-order valence-electron chi connectivity index (χ4n) is 2.55. The third kappa shape index (κ3) is 5.23. The normalized spacial score (nSPS) is 18.4. The lowest BCUT2D eigenvalue weighted by Gasteiger charge is -2.35. The molecule has 126 valence electrons. The van der Waals surface area contributed by atoms with Gasteiger partial charge in [0.25, 0.3) is 0 Å². The molecule has 6 nitrogen and oxygen atoms in total. The van der Waals surface area contributed by atoms with Crippen LogP contribution in [0.5, 0.6) is 0 Å². The predicted molar refractivity (Wildman–Crippen MR) is 86.7 cm³/mol. The van der Waals surface area contributed by atoms with Gasteiger partial charge < -0.3 is 10.1 Å². The molecule has 0 unspecified atom stereocenters. The third-order valence-electron chi connectivity index (χ3n) is 3.65. The predicted octanol–water partition coefficient (Wildman–Crippen LogP) is 2.49. The average Bonchev–Trinajstić information content (AvgIpc) is 2.52. The highest BCUT2D eigenvalue weighted by molar-refractivity contribution is 5.85. The first kappa shape index (κ1) is 17.2. The highest BCUT2D eigenvalue weighted by Crippen LogP contribution is 2.20. The maximum absolute atomic E-state index is 12.5. The van der Waals surface area contributed by atoms with Gasteiger partial charge in [-0.15, -0.1) is 0 Å². The molecule has 1 saturated heterocycles. The van der Waals surface area contributed by atoms with Crippen molar-refractivity contribution in [1.29, 1.82) is 0 Å². The molecular weight excluding hydrogens is 294 g/mol. The van der Waals surface area contributed by atoms with E-state index < -0.39 is 17.7 Å². The van der Waals surface area contributed by atoms with Crippen LogP contribution in [0.15, 0.2) is 24.5 Å². The van der Waals surface area contributed by atoms with Crippen LogP contribution in [-0.2, 0) is 16.1 Å². The summed E-state index contributed by atoms with van der Waals surface area (Å²) in [6.07, 6.45) is 5.47. The lowest BCUT2D eigenvalue weighted by Crippen LogP contribution is -2.52. The second-order valence-electron chi connectivity index (χ2n) is 6.76. The number of amides is 2. The molecule has 0 aromatic carbocycles. The van der Waals surface area contributed by atoms with Crippen LogP contribution in [0.3, 0.4) is 0 Å². The van der Waals surface area contributed by atoms with Gasteiger partial charge in [0.05, 0.1) is 0 Å². The molecule has 1 aliphatic heterocycles. The van der Waals surface area contributed by atoms with E-state index in [9.17, 15) is 9.59 Å². The molecular formula is C17H25N3O3. The Kier molecular flexibility index (Phi) is 5.58. The molecule has 1 fully saturated rings. The van der Waals surface area contributed by atoms with Crippen molar-refractivity contribution >= 4 is 12.0 Å². The average molecular weight is 319 g/mol. The summed E-state index contributed by atoms with van der Waals surface area (Å²) in [5, 5.41) is 2.90. The standard InChI is InChI=1S/C17H25N3O3/c1-17(2,3)23-16(22)20-11-5-4-6-14(20)15(21)19-12-13-7-9-18-10-8-13/h7-10,14H,4-6,11-12H2,1-3H3,(H,19,21)/t14-/m0/s1. The van der Waals surface area contributed by atoms with Gasteiger partial charge in [-0.1, -0.05) is 0 Å². The van der Waals surface area contributed by atoms with Crippen LogP contribution >= 0.6 is 0 Å². The number of nitrogens with one attached hydrogen (secondary N) is 1. The van der Waals surface area contributed by atoms with Crippen molar-refractivity contribution in [3.63, 3.8) is 0 Å². The van der Waals surface area contributed by atoms with Crippen LogP contribution in [0, 0.1) is 0 Å². The number of hydrogen-bond donors (Lipinski definition) is 1. The smallest absolute Gasteiger partial charge is 0.410 e. The fraction of sp³-hybridized carbons (Fsp3) is 0.588. The van der Waals surface area contributed by atoms with Crippen molar-refractivity contribution in [2.75, 3.05) is 6.54 Å². The second-order valence-corrected chi connectivity index (χ2v) is 6.76. The minimum Gasteiger partial charge on any atom is -0.444 e. The lowest BCUT2D eigenvalue weighted by atomic mass is 10.0. The Morgan fingerprint density at radius 2 is 2.00 bits per heavy atom. The molecule has 0 bridgehead atoms. The van der Waals surface area contributed by atoms with E-state index in [-0.39, 0.29) is 5.91 Å². The minimum atomic E-state index is -0.563. The van der Waals surface area contributed by atoms with Crippen molar-refractivity contribution in [3.05, 3.63) is 30.1 Å². The summed E-state index contributed by atoms with van der Waals surface area (Å²) >= 11 is 0. The first-order valence-electron chi connectivity index (χ1n) is 8.03. The molecule has 0 spiro atoms. The third-order valence-corrected chi connectivity index (χ3v) is 3.65. The van der Waals surface area contributed by atoms with Crippen molar-refractivity contribution in [3.8, 4) is 0 Å². The quantitative estimate of drug-likeness (QED) is 0.929.